The first-order valence-electron chi connectivity index (χ1n) is 6.70. The van der Waals surface area contributed by atoms with Crippen LogP contribution in [0.3, 0.4) is 0 Å². The molecule has 0 aliphatic carbocycles. The van der Waals surface area contributed by atoms with Crippen molar-refractivity contribution in [1.82, 2.24) is 14.7 Å². The minimum absolute atomic E-state index is 0.382. The molecule has 0 aromatic carbocycles. The molecule has 0 bridgehead atoms. The number of nitrogens with zero attached hydrogens (tertiary/aromatic N) is 3. The van der Waals surface area contributed by atoms with E-state index in [9.17, 15) is 9.90 Å². The third-order valence-electron chi connectivity index (χ3n) is 3.60. The van der Waals surface area contributed by atoms with Crippen LogP contribution in [0.1, 0.15) is 32.0 Å². The number of rotatable bonds is 5. The zero-order chi connectivity index (χ0) is 13.8. The van der Waals surface area contributed by atoms with Crippen molar-refractivity contribution in [3.05, 3.63) is 18.0 Å². The molecular weight excluding hydrogens is 262 g/mol. The number of thioether (sulfide) groups is 1. The van der Waals surface area contributed by atoms with Gasteiger partial charge in [0.05, 0.1) is 5.69 Å². The Bertz CT molecular complexity index is 435. The maximum atomic E-state index is 11.2. The van der Waals surface area contributed by atoms with Gasteiger partial charge in [0.15, 0.2) is 0 Å². The second-order valence-electron chi connectivity index (χ2n) is 4.94. The zero-order valence-electron chi connectivity index (χ0n) is 11.5. The van der Waals surface area contributed by atoms with E-state index in [0.717, 1.165) is 24.4 Å². The van der Waals surface area contributed by atoms with Crippen LogP contribution in [0.25, 0.3) is 0 Å². The summed E-state index contributed by atoms with van der Waals surface area (Å²) in [5.74, 6) is 0.936. The summed E-state index contributed by atoms with van der Waals surface area (Å²) in [5.41, 5.74) is 0.957. The monoisotopic (exact) mass is 283 g/mol. The van der Waals surface area contributed by atoms with E-state index in [-0.39, 0.29) is 6.04 Å². The van der Waals surface area contributed by atoms with E-state index >= 15 is 0 Å². The van der Waals surface area contributed by atoms with Crippen LogP contribution >= 0.6 is 11.8 Å². The lowest BCUT2D eigenvalue weighted by molar-refractivity contribution is -0.142. The highest BCUT2D eigenvalue weighted by Gasteiger charge is 2.29. The topological polar surface area (TPSA) is 58.4 Å². The molecule has 6 heteroatoms. The summed E-state index contributed by atoms with van der Waals surface area (Å²) >= 11 is 1.71. The minimum atomic E-state index is -0.728. The minimum Gasteiger partial charge on any atom is -0.480 e. The van der Waals surface area contributed by atoms with Crippen molar-refractivity contribution in [2.75, 3.05) is 18.1 Å². The Balaban J connectivity index is 2.02. The van der Waals surface area contributed by atoms with Crippen LogP contribution in [0.5, 0.6) is 0 Å². The van der Waals surface area contributed by atoms with Gasteiger partial charge in [-0.15, -0.1) is 0 Å². The summed E-state index contributed by atoms with van der Waals surface area (Å²) in [6.45, 7) is 5.71. The first kappa shape index (κ1) is 14.4. The van der Waals surface area contributed by atoms with Gasteiger partial charge in [0, 0.05) is 36.8 Å². The molecule has 1 fully saturated rings. The summed E-state index contributed by atoms with van der Waals surface area (Å²) < 4.78 is 1.96. The first-order chi connectivity index (χ1) is 9.11. The van der Waals surface area contributed by atoms with Crippen molar-refractivity contribution in [1.29, 1.82) is 0 Å². The molecule has 0 spiro atoms. The SMILES string of the molecule is CCC(C)n1ccc(CN2CCSCC2C(=O)O)n1. The van der Waals surface area contributed by atoms with Crippen LogP contribution in [0, 0.1) is 0 Å². The fourth-order valence-corrected chi connectivity index (χ4v) is 3.26. The average molecular weight is 283 g/mol. The van der Waals surface area contributed by atoms with Gasteiger partial charge in [-0.3, -0.25) is 14.4 Å². The molecule has 1 saturated heterocycles. The van der Waals surface area contributed by atoms with E-state index < -0.39 is 5.97 Å². The predicted molar refractivity (Wildman–Crippen MR) is 76.4 cm³/mol. The number of hydrogen-bond donors (Lipinski definition) is 1. The number of hydrogen-bond acceptors (Lipinski definition) is 4. The summed E-state index contributed by atoms with van der Waals surface area (Å²) in [5, 5.41) is 13.8. The van der Waals surface area contributed by atoms with E-state index in [1.54, 1.807) is 11.8 Å². The fourth-order valence-electron chi connectivity index (χ4n) is 2.16. The highest BCUT2D eigenvalue weighted by Crippen LogP contribution is 2.19. The molecule has 1 aromatic rings. The number of aliphatic carboxylic acids is 1. The van der Waals surface area contributed by atoms with Crippen molar-refractivity contribution in [3.63, 3.8) is 0 Å². The van der Waals surface area contributed by atoms with Gasteiger partial charge in [-0.25, -0.2) is 0 Å². The molecule has 0 amide bonds. The molecule has 2 atom stereocenters. The molecule has 2 heterocycles. The lowest BCUT2D eigenvalue weighted by Gasteiger charge is -2.31. The molecule has 5 nitrogen and oxygen atoms in total. The van der Waals surface area contributed by atoms with Crippen LogP contribution in [0.2, 0.25) is 0 Å². The lowest BCUT2D eigenvalue weighted by atomic mass is 10.2. The van der Waals surface area contributed by atoms with Gasteiger partial charge in [0.1, 0.15) is 6.04 Å². The van der Waals surface area contributed by atoms with Crippen molar-refractivity contribution < 1.29 is 9.90 Å². The Labute approximate surface area is 118 Å². The molecule has 106 valence electrons. The third-order valence-corrected chi connectivity index (χ3v) is 4.62. The van der Waals surface area contributed by atoms with Gasteiger partial charge in [-0.2, -0.15) is 16.9 Å². The Hall–Kier alpha value is -1.01. The predicted octanol–water partition coefficient (Wildman–Crippen LogP) is 1.86. The third kappa shape index (κ3) is 3.51. The first-order valence-corrected chi connectivity index (χ1v) is 7.86. The summed E-state index contributed by atoms with van der Waals surface area (Å²) in [4.78, 5) is 13.3. The second-order valence-corrected chi connectivity index (χ2v) is 6.09. The molecule has 1 N–H and O–H groups in total. The molecule has 0 saturated carbocycles. The maximum Gasteiger partial charge on any atom is 0.321 e. The molecule has 2 rings (SSSR count). The van der Waals surface area contributed by atoms with Crippen LogP contribution in [0.15, 0.2) is 12.3 Å². The molecular formula is C13H21N3O2S. The average Bonchev–Trinajstić information content (AvgIpc) is 2.86. The van der Waals surface area contributed by atoms with Gasteiger partial charge in [-0.1, -0.05) is 6.92 Å². The van der Waals surface area contributed by atoms with E-state index in [1.807, 2.05) is 21.8 Å². The van der Waals surface area contributed by atoms with Crippen LogP contribution in [-0.4, -0.2) is 49.8 Å². The van der Waals surface area contributed by atoms with Crippen LogP contribution < -0.4 is 0 Å². The lowest BCUT2D eigenvalue weighted by Crippen LogP contribution is -2.46. The molecule has 2 unspecified atom stereocenters. The largest absolute Gasteiger partial charge is 0.480 e. The molecule has 1 aliphatic heterocycles. The van der Waals surface area contributed by atoms with Gasteiger partial charge in [-0.05, 0) is 19.4 Å². The molecule has 1 aliphatic rings. The van der Waals surface area contributed by atoms with E-state index in [0.29, 0.717) is 18.3 Å². The Morgan fingerprint density at radius 1 is 1.68 bits per heavy atom. The number of carbonyl (C=O) groups is 1. The summed E-state index contributed by atoms with van der Waals surface area (Å²) in [7, 11) is 0. The Kier molecular flexibility index (Phi) is 4.87. The molecule has 0 radical (unpaired) electrons. The highest BCUT2D eigenvalue weighted by atomic mass is 32.2. The highest BCUT2D eigenvalue weighted by molar-refractivity contribution is 7.99. The van der Waals surface area contributed by atoms with Crippen molar-refractivity contribution >= 4 is 17.7 Å². The summed E-state index contributed by atoms with van der Waals surface area (Å²) in [6.07, 6.45) is 3.02. The number of aromatic nitrogens is 2. The Morgan fingerprint density at radius 2 is 2.47 bits per heavy atom. The smallest absolute Gasteiger partial charge is 0.321 e. The number of carboxylic acids is 1. The molecule has 19 heavy (non-hydrogen) atoms. The number of carboxylic acid groups (broad SMARTS) is 1. The Morgan fingerprint density at radius 3 is 3.16 bits per heavy atom. The van der Waals surface area contributed by atoms with Crippen molar-refractivity contribution in [2.24, 2.45) is 0 Å². The van der Waals surface area contributed by atoms with Gasteiger partial charge < -0.3 is 5.11 Å². The van der Waals surface area contributed by atoms with E-state index in [2.05, 4.69) is 18.9 Å². The van der Waals surface area contributed by atoms with E-state index in [1.165, 1.54) is 0 Å². The summed E-state index contributed by atoms with van der Waals surface area (Å²) in [6, 6.07) is 2.00. The van der Waals surface area contributed by atoms with Crippen LogP contribution in [-0.2, 0) is 11.3 Å². The quantitative estimate of drug-likeness (QED) is 0.894. The molecule has 1 aromatic heterocycles. The van der Waals surface area contributed by atoms with Crippen molar-refractivity contribution in [2.45, 2.75) is 38.9 Å². The van der Waals surface area contributed by atoms with Gasteiger partial charge in [0.25, 0.3) is 0 Å². The normalized spacial score (nSPS) is 22.3. The van der Waals surface area contributed by atoms with Gasteiger partial charge >= 0.3 is 5.97 Å². The van der Waals surface area contributed by atoms with E-state index in [4.69, 9.17) is 0 Å². The van der Waals surface area contributed by atoms with Crippen molar-refractivity contribution in [3.8, 4) is 0 Å². The van der Waals surface area contributed by atoms with Gasteiger partial charge in [0.2, 0.25) is 0 Å². The second kappa shape index (κ2) is 6.43. The standard InChI is InChI=1S/C13H21N3O2S/c1-3-10(2)16-5-4-11(14-16)8-15-6-7-19-9-12(15)13(17)18/h4-5,10,12H,3,6-9H2,1-2H3,(H,17,18). The fraction of sp³-hybridized carbons (Fsp3) is 0.692. The zero-order valence-corrected chi connectivity index (χ0v) is 12.3. The van der Waals surface area contributed by atoms with Crippen LogP contribution in [0.4, 0.5) is 0 Å². The maximum absolute atomic E-state index is 11.2.